The molecule has 0 aromatic carbocycles. The summed E-state index contributed by atoms with van der Waals surface area (Å²) in [4.78, 5) is 20.5. The lowest BCUT2D eigenvalue weighted by Gasteiger charge is -2.08. The van der Waals surface area contributed by atoms with Crippen LogP contribution >= 0.6 is 0 Å². The fourth-order valence-corrected chi connectivity index (χ4v) is 0.358. The average molecular weight is 159 g/mol. The molecule has 0 saturated heterocycles. The molecular formula is C5H9N3O3. The number of esters is 1. The molecule has 1 amide bonds. The van der Waals surface area contributed by atoms with Gasteiger partial charge in [0.1, 0.15) is 0 Å². The van der Waals surface area contributed by atoms with E-state index in [1.54, 1.807) is 6.92 Å². The van der Waals surface area contributed by atoms with Crippen LogP contribution in [0.2, 0.25) is 0 Å². The number of nitrogens with one attached hydrogen (secondary N) is 1. The molecule has 0 aliphatic heterocycles. The molecule has 3 N–H and O–H groups in total. The third-order valence-corrected chi connectivity index (χ3v) is 0.841. The highest BCUT2D eigenvalue weighted by molar-refractivity contribution is 6.35. The third-order valence-electron chi connectivity index (χ3n) is 0.841. The molecule has 0 aliphatic rings. The van der Waals surface area contributed by atoms with Crippen molar-refractivity contribution < 1.29 is 14.3 Å². The molecule has 0 rings (SSSR count). The standard InChI is InChI=1S/C5H9N3O3/c1-2-11-5(10)4(6)8(7)3-9/h3,6H,2,7H2,1H3. The molecule has 0 aromatic rings. The van der Waals surface area contributed by atoms with Gasteiger partial charge in [0.25, 0.3) is 0 Å². The van der Waals surface area contributed by atoms with E-state index in [9.17, 15) is 9.59 Å². The van der Waals surface area contributed by atoms with Crippen molar-refractivity contribution >= 4 is 18.2 Å². The van der Waals surface area contributed by atoms with Gasteiger partial charge in [0.2, 0.25) is 12.2 Å². The molecule has 0 bridgehead atoms. The fraction of sp³-hybridized carbons (Fsp3) is 0.400. The Bertz CT molecular complexity index is 180. The predicted molar refractivity (Wildman–Crippen MR) is 36.5 cm³/mol. The number of carbonyl (C=O) groups is 2. The zero-order valence-electron chi connectivity index (χ0n) is 6.03. The Hall–Kier alpha value is -1.43. The number of hydrazine groups is 1. The Morgan fingerprint density at radius 1 is 1.82 bits per heavy atom. The van der Waals surface area contributed by atoms with Crippen LogP contribution < -0.4 is 5.84 Å². The molecule has 6 heteroatoms. The van der Waals surface area contributed by atoms with Crippen LogP contribution in [0.25, 0.3) is 0 Å². The second-order valence-corrected chi connectivity index (χ2v) is 1.58. The number of nitrogens with two attached hydrogens (primary N) is 1. The van der Waals surface area contributed by atoms with Gasteiger partial charge in [-0.25, -0.2) is 15.6 Å². The molecule has 0 atom stereocenters. The quantitative estimate of drug-likeness (QED) is 0.101. The first-order valence-electron chi connectivity index (χ1n) is 2.88. The second-order valence-electron chi connectivity index (χ2n) is 1.58. The number of ether oxygens (including phenoxy) is 1. The van der Waals surface area contributed by atoms with Gasteiger partial charge in [-0.3, -0.25) is 10.2 Å². The molecule has 11 heavy (non-hydrogen) atoms. The molecule has 0 heterocycles. The summed E-state index contributed by atoms with van der Waals surface area (Å²) in [6.45, 7) is 1.74. The van der Waals surface area contributed by atoms with Gasteiger partial charge in [0.15, 0.2) is 0 Å². The van der Waals surface area contributed by atoms with Crippen LogP contribution in [-0.2, 0) is 14.3 Å². The van der Waals surface area contributed by atoms with Crippen LogP contribution in [0.5, 0.6) is 0 Å². The summed E-state index contributed by atoms with van der Waals surface area (Å²) in [5.74, 6) is 3.29. The van der Waals surface area contributed by atoms with E-state index in [4.69, 9.17) is 11.3 Å². The van der Waals surface area contributed by atoms with Crippen LogP contribution in [0.15, 0.2) is 0 Å². The second kappa shape index (κ2) is 4.40. The van der Waals surface area contributed by atoms with Crippen LogP contribution in [0.4, 0.5) is 0 Å². The van der Waals surface area contributed by atoms with E-state index in [0.717, 1.165) is 0 Å². The summed E-state index contributed by atoms with van der Waals surface area (Å²) in [7, 11) is 0. The highest BCUT2D eigenvalue weighted by Gasteiger charge is 2.14. The third kappa shape index (κ3) is 2.76. The topological polar surface area (TPSA) is 96.5 Å². The van der Waals surface area contributed by atoms with Crippen molar-refractivity contribution in [3.8, 4) is 0 Å². The summed E-state index contributed by atoms with van der Waals surface area (Å²) in [5.41, 5.74) is 0. The van der Waals surface area contributed by atoms with E-state index < -0.39 is 11.8 Å². The first-order chi connectivity index (χ1) is 5.13. The molecule has 62 valence electrons. The largest absolute Gasteiger partial charge is 0.460 e. The SMILES string of the molecule is CCOC(=O)C(=N)N(N)C=O. The van der Waals surface area contributed by atoms with E-state index in [-0.39, 0.29) is 13.0 Å². The molecular weight excluding hydrogens is 150 g/mol. The minimum atomic E-state index is -0.915. The summed E-state index contributed by atoms with van der Waals surface area (Å²) in [5, 5.41) is 7.24. The molecule has 0 fully saturated rings. The molecule has 0 spiro atoms. The number of amidine groups is 1. The molecule has 0 aromatic heterocycles. The minimum Gasteiger partial charge on any atom is -0.460 e. The van der Waals surface area contributed by atoms with Crippen molar-refractivity contribution in [3.63, 3.8) is 0 Å². The van der Waals surface area contributed by atoms with Crippen LogP contribution in [0.1, 0.15) is 6.92 Å². The number of nitrogens with zero attached hydrogens (tertiary/aromatic N) is 1. The van der Waals surface area contributed by atoms with Crippen molar-refractivity contribution in [2.24, 2.45) is 5.84 Å². The van der Waals surface area contributed by atoms with Gasteiger partial charge in [-0.2, -0.15) is 0 Å². The zero-order chi connectivity index (χ0) is 8.85. The summed E-state index contributed by atoms with van der Waals surface area (Å²) >= 11 is 0. The van der Waals surface area contributed by atoms with Crippen LogP contribution in [-0.4, -0.2) is 29.8 Å². The van der Waals surface area contributed by atoms with Gasteiger partial charge in [0, 0.05) is 0 Å². The van der Waals surface area contributed by atoms with Crippen molar-refractivity contribution in [2.75, 3.05) is 6.61 Å². The summed E-state index contributed by atoms with van der Waals surface area (Å²) < 4.78 is 4.38. The summed E-state index contributed by atoms with van der Waals surface area (Å²) in [6.07, 6.45) is 0.152. The van der Waals surface area contributed by atoms with Gasteiger partial charge >= 0.3 is 5.97 Å². The Morgan fingerprint density at radius 2 is 2.36 bits per heavy atom. The molecule has 0 unspecified atom stereocenters. The number of carbonyl (C=O) groups excluding carboxylic acids is 2. The van der Waals surface area contributed by atoms with Crippen molar-refractivity contribution in [1.82, 2.24) is 5.01 Å². The average Bonchev–Trinajstić information content (AvgIpc) is 2.02. The van der Waals surface area contributed by atoms with E-state index >= 15 is 0 Å². The minimum absolute atomic E-state index is 0.147. The van der Waals surface area contributed by atoms with E-state index in [1.807, 2.05) is 0 Å². The van der Waals surface area contributed by atoms with Gasteiger partial charge in [0.05, 0.1) is 6.61 Å². The maximum absolute atomic E-state index is 10.6. The van der Waals surface area contributed by atoms with Gasteiger partial charge < -0.3 is 4.74 Å². The monoisotopic (exact) mass is 159 g/mol. The number of amides is 1. The number of hydrogen-bond donors (Lipinski definition) is 2. The maximum Gasteiger partial charge on any atom is 0.375 e. The van der Waals surface area contributed by atoms with Crippen LogP contribution in [0, 0.1) is 5.41 Å². The predicted octanol–water partition coefficient (Wildman–Crippen LogP) is -1.14. The fourth-order valence-electron chi connectivity index (χ4n) is 0.358. The van der Waals surface area contributed by atoms with Crippen LogP contribution in [0.3, 0.4) is 0 Å². The Labute approximate surface area is 63.4 Å². The molecule has 0 aliphatic carbocycles. The molecule has 6 nitrogen and oxygen atoms in total. The summed E-state index contributed by atoms with van der Waals surface area (Å²) in [6, 6.07) is 0. The van der Waals surface area contributed by atoms with Crippen molar-refractivity contribution in [2.45, 2.75) is 6.92 Å². The smallest absolute Gasteiger partial charge is 0.375 e. The lowest BCUT2D eigenvalue weighted by molar-refractivity contribution is -0.136. The highest BCUT2D eigenvalue weighted by atomic mass is 16.5. The van der Waals surface area contributed by atoms with Crippen molar-refractivity contribution in [3.05, 3.63) is 0 Å². The van der Waals surface area contributed by atoms with E-state index in [2.05, 4.69) is 4.74 Å². The van der Waals surface area contributed by atoms with E-state index in [1.165, 1.54) is 0 Å². The molecule has 0 saturated carbocycles. The highest BCUT2D eigenvalue weighted by Crippen LogP contribution is 1.82. The Balaban J connectivity index is 4.02. The van der Waals surface area contributed by atoms with Gasteiger partial charge in [-0.1, -0.05) is 0 Å². The lowest BCUT2D eigenvalue weighted by atomic mass is 10.6. The van der Waals surface area contributed by atoms with Gasteiger partial charge in [-0.05, 0) is 6.92 Å². The first-order valence-corrected chi connectivity index (χ1v) is 2.88. The molecule has 0 radical (unpaired) electrons. The zero-order valence-corrected chi connectivity index (χ0v) is 6.03. The van der Waals surface area contributed by atoms with E-state index in [0.29, 0.717) is 5.01 Å². The van der Waals surface area contributed by atoms with Gasteiger partial charge in [-0.15, -0.1) is 0 Å². The number of hydrogen-bond acceptors (Lipinski definition) is 5. The maximum atomic E-state index is 10.6. The first kappa shape index (κ1) is 9.57. The Kier molecular flexibility index (Phi) is 3.82. The lowest BCUT2D eigenvalue weighted by Crippen LogP contribution is -2.41. The number of rotatable bonds is 2. The Morgan fingerprint density at radius 3 is 2.73 bits per heavy atom. The van der Waals surface area contributed by atoms with Crippen molar-refractivity contribution in [1.29, 1.82) is 5.41 Å². The normalized spacial score (nSPS) is 8.55.